The second kappa shape index (κ2) is 6.02. The summed E-state index contributed by atoms with van der Waals surface area (Å²) in [4.78, 5) is 15.6. The smallest absolute Gasteiger partial charge is 0.416 e. The standard InChI is InChI=1S/C14H12F3N3O2/c1-22-10-6-11(19-12(7-10)13(21)20-18)8-3-2-4-9(5-8)14(15,16)17/h2-7H,18H2,1H3,(H,20,21). The molecule has 2 rings (SSSR count). The van der Waals surface area contributed by atoms with Crippen molar-refractivity contribution >= 4 is 5.91 Å². The molecule has 1 aromatic carbocycles. The third-order valence-corrected chi connectivity index (χ3v) is 2.88. The highest BCUT2D eigenvalue weighted by atomic mass is 19.4. The van der Waals surface area contributed by atoms with Crippen LogP contribution in [0.1, 0.15) is 16.1 Å². The molecule has 0 spiro atoms. The number of ether oxygens (including phenoxy) is 1. The summed E-state index contributed by atoms with van der Waals surface area (Å²) in [6.45, 7) is 0. The molecule has 1 amide bonds. The van der Waals surface area contributed by atoms with Crippen molar-refractivity contribution in [2.45, 2.75) is 6.18 Å². The molecule has 22 heavy (non-hydrogen) atoms. The Morgan fingerprint density at radius 2 is 2.00 bits per heavy atom. The number of benzene rings is 1. The Morgan fingerprint density at radius 1 is 1.27 bits per heavy atom. The number of amides is 1. The summed E-state index contributed by atoms with van der Waals surface area (Å²) in [6.07, 6.45) is -4.47. The molecule has 1 heterocycles. The van der Waals surface area contributed by atoms with E-state index in [9.17, 15) is 18.0 Å². The number of carbonyl (C=O) groups excluding carboxylic acids is 1. The van der Waals surface area contributed by atoms with E-state index in [1.54, 1.807) is 0 Å². The number of nitrogens with one attached hydrogen (secondary N) is 1. The number of nitrogens with zero attached hydrogens (tertiary/aromatic N) is 1. The van der Waals surface area contributed by atoms with Gasteiger partial charge in [0.25, 0.3) is 5.91 Å². The molecule has 0 unspecified atom stereocenters. The SMILES string of the molecule is COc1cc(C(=O)NN)nc(-c2cccc(C(F)(F)F)c2)c1. The van der Waals surface area contributed by atoms with Crippen LogP contribution in [0.2, 0.25) is 0 Å². The lowest BCUT2D eigenvalue weighted by atomic mass is 10.1. The van der Waals surface area contributed by atoms with Gasteiger partial charge in [-0.3, -0.25) is 10.2 Å². The molecule has 0 fully saturated rings. The van der Waals surface area contributed by atoms with E-state index in [2.05, 4.69) is 4.98 Å². The van der Waals surface area contributed by atoms with Crippen molar-refractivity contribution in [3.05, 3.63) is 47.7 Å². The van der Waals surface area contributed by atoms with Crippen LogP contribution >= 0.6 is 0 Å². The van der Waals surface area contributed by atoms with Gasteiger partial charge in [-0.05, 0) is 12.1 Å². The van der Waals surface area contributed by atoms with Gasteiger partial charge in [-0.15, -0.1) is 0 Å². The van der Waals surface area contributed by atoms with Gasteiger partial charge in [0.05, 0.1) is 18.4 Å². The first-order valence-electron chi connectivity index (χ1n) is 6.10. The summed E-state index contributed by atoms with van der Waals surface area (Å²) in [5, 5.41) is 0. The van der Waals surface area contributed by atoms with Crippen molar-refractivity contribution in [3.63, 3.8) is 0 Å². The Labute approximate surface area is 123 Å². The molecule has 5 nitrogen and oxygen atoms in total. The van der Waals surface area contributed by atoms with E-state index >= 15 is 0 Å². The number of nitrogen functional groups attached to an aromatic ring is 1. The van der Waals surface area contributed by atoms with Gasteiger partial charge in [-0.2, -0.15) is 13.2 Å². The minimum absolute atomic E-state index is 0.0609. The molecule has 8 heteroatoms. The molecule has 0 saturated heterocycles. The van der Waals surface area contributed by atoms with E-state index in [4.69, 9.17) is 10.6 Å². The van der Waals surface area contributed by atoms with E-state index in [-0.39, 0.29) is 22.7 Å². The highest BCUT2D eigenvalue weighted by Gasteiger charge is 2.30. The first-order chi connectivity index (χ1) is 10.3. The van der Waals surface area contributed by atoms with Crippen LogP contribution in [0.4, 0.5) is 13.2 Å². The van der Waals surface area contributed by atoms with E-state index in [0.29, 0.717) is 0 Å². The fourth-order valence-corrected chi connectivity index (χ4v) is 1.82. The largest absolute Gasteiger partial charge is 0.497 e. The molecule has 0 aliphatic carbocycles. The van der Waals surface area contributed by atoms with Gasteiger partial charge < -0.3 is 4.74 Å². The molecule has 0 saturated carbocycles. The lowest BCUT2D eigenvalue weighted by molar-refractivity contribution is -0.137. The first kappa shape index (κ1) is 15.8. The van der Waals surface area contributed by atoms with Crippen LogP contribution in [0.3, 0.4) is 0 Å². The maximum atomic E-state index is 12.8. The predicted octanol–water partition coefficient (Wildman–Crippen LogP) is 2.38. The van der Waals surface area contributed by atoms with Crippen molar-refractivity contribution in [1.82, 2.24) is 10.4 Å². The zero-order valence-corrected chi connectivity index (χ0v) is 11.4. The number of hydrogen-bond acceptors (Lipinski definition) is 4. The van der Waals surface area contributed by atoms with E-state index in [1.165, 1.54) is 31.4 Å². The fraction of sp³-hybridized carbons (Fsp3) is 0.143. The van der Waals surface area contributed by atoms with Crippen LogP contribution in [0, 0.1) is 0 Å². The number of pyridine rings is 1. The minimum Gasteiger partial charge on any atom is -0.497 e. The Hall–Kier alpha value is -2.61. The van der Waals surface area contributed by atoms with Crippen LogP contribution in [-0.2, 0) is 6.18 Å². The van der Waals surface area contributed by atoms with E-state index in [0.717, 1.165) is 12.1 Å². The Bertz CT molecular complexity index is 702. The highest BCUT2D eigenvalue weighted by molar-refractivity contribution is 5.92. The molecule has 0 radical (unpaired) electrons. The molecule has 3 N–H and O–H groups in total. The number of nitrogens with two attached hydrogens (primary N) is 1. The number of aromatic nitrogens is 1. The van der Waals surface area contributed by atoms with Crippen LogP contribution in [-0.4, -0.2) is 18.0 Å². The molecule has 116 valence electrons. The van der Waals surface area contributed by atoms with Crippen molar-refractivity contribution in [2.24, 2.45) is 5.84 Å². The number of hydrazine groups is 1. The van der Waals surface area contributed by atoms with E-state index in [1.807, 2.05) is 5.43 Å². The number of alkyl halides is 3. The minimum atomic E-state index is -4.47. The molecule has 0 bridgehead atoms. The van der Waals surface area contributed by atoms with Gasteiger partial charge in [0.1, 0.15) is 11.4 Å². The normalized spacial score (nSPS) is 11.1. The third-order valence-electron chi connectivity index (χ3n) is 2.88. The van der Waals surface area contributed by atoms with Gasteiger partial charge in [0, 0.05) is 17.7 Å². The zero-order chi connectivity index (χ0) is 16.3. The first-order valence-corrected chi connectivity index (χ1v) is 6.10. The monoisotopic (exact) mass is 311 g/mol. The molecule has 0 atom stereocenters. The lowest BCUT2D eigenvalue weighted by Crippen LogP contribution is -2.30. The molecular weight excluding hydrogens is 299 g/mol. The van der Waals surface area contributed by atoms with Crippen molar-refractivity contribution in [3.8, 4) is 17.0 Å². The summed E-state index contributed by atoms with van der Waals surface area (Å²) in [6, 6.07) is 7.40. The molecule has 2 aromatic rings. The predicted molar refractivity (Wildman–Crippen MR) is 72.9 cm³/mol. The van der Waals surface area contributed by atoms with Crippen LogP contribution in [0.15, 0.2) is 36.4 Å². The summed E-state index contributed by atoms with van der Waals surface area (Å²) in [5.74, 6) is 4.64. The van der Waals surface area contributed by atoms with Crippen molar-refractivity contribution in [2.75, 3.05) is 7.11 Å². The third kappa shape index (κ3) is 3.34. The van der Waals surface area contributed by atoms with E-state index < -0.39 is 17.6 Å². The number of rotatable bonds is 3. The summed E-state index contributed by atoms with van der Waals surface area (Å²) in [7, 11) is 1.37. The van der Waals surface area contributed by atoms with Gasteiger partial charge in [0.2, 0.25) is 0 Å². The Kier molecular flexibility index (Phi) is 4.32. The average Bonchev–Trinajstić information content (AvgIpc) is 2.52. The number of carbonyl (C=O) groups is 1. The van der Waals surface area contributed by atoms with Crippen molar-refractivity contribution in [1.29, 1.82) is 0 Å². The number of halogens is 3. The van der Waals surface area contributed by atoms with Crippen LogP contribution in [0.25, 0.3) is 11.3 Å². The maximum Gasteiger partial charge on any atom is 0.416 e. The quantitative estimate of drug-likeness (QED) is 0.518. The fourth-order valence-electron chi connectivity index (χ4n) is 1.82. The van der Waals surface area contributed by atoms with Gasteiger partial charge in [0.15, 0.2) is 0 Å². The van der Waals surface area contributed by atoms with Gasteiger partial charge >= 0.3 is 6.18 Å². The maximum absolute atomic E-state index is 12.8. The lowest BCUT2D eigenvalue weighted by Gasteiger charge is -2.10. The molecule has 0 aliphatic heterocycles. The Balaban J connectivity index is 2.54. The van der Waals surface area contributed by atoms with Crippen molar-refractivity contribution < 1.29 is 22.7 Å². The summed E-state index contributed by atoms with van der Waals surface area (Å²) >= 11 is 0. The topological polar surface area (TPSA) is 77.2 Å². The Morgan fingerprint density at radius 3 is 2.59 bits per heavy atom. The average molecular weight is 311 g/mol. The molecule has 0 aliphatic rings. The highest BCUT2D eigenvalue weighted by Crippen LogP contribution is 2.32. The number of methoxy groups -OCH3 is 1. The summed E-state index contributed by atoms with van der Waals surface area (Å²) < 4.78 is 43.3. The van der Waals surface area contributed by atoms with Crippen LogP contribution in [0.5, 0.6) is 5.75 Å². The van der Waals surface area contributed by atoms with Gasteiger partial charge in [-0.25, -0.2) is 10.8 Å². The molecule has 1 aromatic heterocycles. The zero-order valence-electron chi connectivity index (χ0n) is 11.4. The van der Waals surface area contributed by atoms with Crippen LogP contribution < -0.4 is 16.0 Å². The second-order valence-electron chi connectivity index (χ2n) is 4.33. The second-order valence-corrected chi connectivity index (χ2v) is 4.33. The molecular formula is C14H12F3N3O2. The number of hydrogen-bond donors (Lipinski definition) is 2. The van der Waals surface area contributed by atoms with Gasteiger partial charge in [-0.1, -0.05) is 12.1 Å². The summed E-state index contributed by atoms with van der Waals surface area (Å²) in [5.41, 5.74) is 1.42.